The molecule has 0 aliphatic heterocycles. The van der Waals surface area contributed by atoms with Gasteiger partial charge in [-0.05, 0) is 170 Å². The van der Waals surface area contributed by atoms with E-state index in [9.17, 15) is 0 Å². The van der Waals surface area contributed by atoms with Gasteiger partial charge < -0.3 is 9.13 Å². The summed E-state index contributed by atoms with van der Waals surface area (Å²) in [6.07, 6.45) is 0. The maximum atomic E-state index is 8.49. The van der Waals surface area contributed by atoms with E-state index in [0.29, 0.717) is 93.1 Å². The lowest BCUT2D eigenvalue weighted by molar-refractivity contribution is 0.928. The molecular weight excluding hydrogens is 1190 g/mol. The maximum absolute atomic E-state index is 8.49. The van der Waals surface area contributed by atoms with Crippen LogP contribution in [0, 0.1) is 62.0 Å². The highest BCUT2D eigenvalue weighted by Crippen LogP contribution is 2.46. The third kappa shape index (κ3) is 10.6. The van der Waals surface area contributed by atoms with Gasteiger partial charge in [0.2, 0.25) is 0 Å². The second-order valence-electron chi connectivity index (χ2n) is 23.7. The van der Waals surface area contributed by atoms with Crippen LogP contribution in [-0.4, -0.2) is 83.9 Å². The quantitative estimate of drug-likeness (QED) is 0.110. The van der Waals surface area contributed by atoms with Crippen LogP contribution in [0.25, 0.3) is 162 Å². The molecule has 18 heteroatoms. The Hall–Kier alpha value is -12.9. The lowest BCUT2D eigenvalue weighted by Crippen LogP contribution is -2.04. The van der Waals surface area contributed by atoms with Gasteiger partial charge in [0, 0.05) is 71.6 Å². The van der Waals surface area contributed by atoms with Gasteiger partial charge in [0.15, 0.2) is 46.5 Å². The molecule has 0 radical (unpaired) electrons. The molecule has 0 fully saturated rings. The van der Waals surface area contributed by atoms with E-state index in [-0.39, 0.29) is 0 Å². The molecule has 0 saturated carbocycles. The number of aryl methyl sites for hydroxylation is 8. The maximum Gasteiger partial charge on any atom is 0.194 e. The molecule has 7 aromatic heterocycles. The van der Waals surface area contributed by atoms with Crippen LogP contribution in [0.3, 0.4) is 0 Å². The van der Waals surface area contributed by atoms with E-state index in [1.807, 2.05) is 140 Å². The number of aromatic nitrogens is 17. The summed E-state index contributed by atoms with van der Waals surface area (Å²) in [5.41, 5.74) is 14.8. The Bertz CT molecular complexity index is 5560. The molecule has 0 amide bonds. The summed E-state index contributed by atoms with van der Waals surface area (Å²) >= 11 is 0. The summed E-state index contributed by atoms with van der Waals surface area (Å²) in [7, 11) is 0. The smallest absolute Gasteiger partial charge is 0.194 e. The minimum Gasteiger partial charge on any atom is -0.309 e. The number of hydrogen-bond donors (Lipinski definition) is 0. The summed E-state index contributed by atoms with van der Waals surface area (Å²) in [4.78, 5) is 76.8. The van der Waals surface area contributed by atoms with E-state index in [2.05, 4.69) is 143 Å². The zero-order valence-electron chi connectivity index (χ0n) is 53.5. The molecule has 16 rings (SSSR count). The molecule has 0 unspecified atom stereocenters. The predicted molar refractivity (Wildman–Crippen MR) is 375 cm³/mol. The molecule has 0 saturated heterocycles. The first kappa shape index (κ1) is 58.2. The van der Waals surface area contributed by atoms with Gasteiger partial charge in [-0.25, -0.2) is 79.6 Å². The van der Waals surface area contributed by atoms with Crippen molar-refractivity contribution < 1.29 is 0 Å². The van der Waals surface area contributed by atoms with Crippen molar-refractivity contribution in [3.63, 3.8) is 0 Å². The predicted octanol–water partition coefficient (Wildman–Crippen LogP) is 16.8. The van der Waals surface area contributed by atoms with Crippen LogP contribution in [0.1, 0.15) is 46.6 Å². The highest BCUT2D eigenvalue weighted by atomic mass is 15.1. The summed E-state index contributed by atoms with van der Waals surface area (Å²) in [6.45, 7) is 23.6. The monoisotopic (exact) mass is 1240 g/mol. The largest absolute Gasteiger partial charge is 0.309 e. The van der Waals surface area contributed by atoms with Crippen molar-refractivity contribution in [1.29, 1.82) is 0 Å². The molecule has 458 valence electrons. The number of rotatable bonds is 11. The van der Waals surface area contributed by atoms with Gasteiger partial charge in [-0.3, -0.25) is 0 Å². The van der Waals surface area contributed by atoms with Crippen LogP contribution in [0.2, 0.25) is 0 Å². The van der Waals surface area contributed by atoms with Gasteiger partial charge in [-0.2, -0.15) is 0 Å². The van der Waals surface area contributed by atoms with E-state index in [1.165, 1.54) is 0 Å². The Kier molecular flexibility index (Phi) is 14.2. The van der Waals surface area contributed by atoms with Crippen LogP contribution < -0.4 is 0 Å². The first-order chi connectivity index (χ1) is 46.7. The number of nitrogens with zero attached hydrogens (tertiary/aromatic N) is 18. The van der Waals surface area contributed by atoms with Gasteiger partial charge in [-0.15, -0.1) is 0 Å². The molecule has 7 heterocycles. The molecule has 0 atom stereocenters. The van der Waals surface area contributed by atoms with Gasteiger partial charge in [0.05, 0.1) is 40.0 Å². The van der Waals surface area contributed by atoms with Gasteiger partial charge in [-0.1, -0.05) is 91.0 Å². The molecule has 9 aromatic carbocycles. The Balaban J connectivity index is 1.03. The molecule has 0 aliphatic carbocycles. The summed E-state index contributed by atoms with van der Waals surface area (Å²) < 4.78 is 4.66. The van der Waals surface area contributed by atoms with E-state index < -0.39 is 0 Å². The van der Waals surface area contributed by atoms with E-state index in [1.54, 1.807) is 0 Å². The van der Waals surface area contributed by atoms with Gasteiger partial charge in [0.1, 0.15) is 46.6 Å². The fourth-order valence-corrected chi connectivity index (χ4v) is 13.1. The molecule has 0 N–H and O–H groups in total. The van der Waals surface area contributed by atoms with Crippen LogP contribution in [-0.2, 0) is 0 Å². The highest BCUT2D eigenvalue weighted by Gasteiger charge is 2.26. The summed E-state index contributed by atoms with van der Waals surface area (Å²) in [5, 5.41) is 3.77. The average molecular weight is 1250 g/mol. The Morgan fingerprint density at radius 1 is 0.240 bits per heavy atom. The van der Waals surface area contributed by atoms with Crippen LogP contribution in [0.4, 0.5) is 5.69 Å². The minimum atomic E-state index is 0.471. The molecule has 0 aliphatic rings. The number of benzene rings is 9. The summed E-state index contributed by atoms with van der Waals surface area (Å²) in [5.74, 6) is 8.80. The number of fused-ring (bicyclic) bond motifs is 6. The summed E-state index contributed by atoms with van der Waals surface area (Å²) in [6, 6.07) is 66.3. The molecule has 0 spiro atoms. The van der Waals surface area contributed by atoms with Crippen molar-refractivity contribution in [1.82, 2.24) is 83.9 Å². The molecule has 18 nitrogen and oxygen atoms in total. The van der Waals surface area contributed by atoms with E-state index in [4.69, 9.17) is 61.4 Å². The molecule has 96 heavy (non-hydrogen) atoms. The SMILES string of the molecule is [C-]#[N+]c1ccccc1-c1ccc(-n2c3ccc(-c4nc(C)nc(C)n4)cc3c3cc(-c4nc(C)nc(C)n4)ccc32)c(-c2cc(-c3nc(-c4ccccc4)nc(-c4ccccc4)n3)ccc2-n2c3ccc(-c4nc(C)nc(C)n4)cc3c3cc(-c4nc(C)nc(C)n4)ccc32)c1. The Morgan fingerprint density at radius 3 is 0.854 bits per heavy atom. The molecule has 0 bridgehead atoms. The average Bonchev–Trinajstić information content (AvgIpc) is 1.55. The van der Waals surface area contributed by atoms with Crippen molar-refractivity contribution in [2.45, 2.75) is 55.4 Å². The van der Waals surface area contributed by atoms with E-state index in [0.717, 1.165) is 116 Å². The van der Waals surface area contributed by atoms with Crippen molar-refractivity contribution in [2.24, 2.45) is 0 Å². The fourth-order valence-electron chi connectivity index (χ4n) is 13.1. The number of para-hydroxylation sites is 1. The molecule has 16 aromatic rings. The van der Waals surface area contributed by atoms with Crippen LogP contribution in [0.5, 0.6) is 0 Å². The Morgan fingerprint density at radius 2 is 0.510 bits per heavy atom. The standard InChI is InChI=1S/C78H56N18/c1-42-80-43(2)85-74(84-42)53-25-31-68-61(37-53)62-38-54(75-86-44(3)81-45(4)87-75)26-32-69(62)95(68)66-30-24-52(58-22-16-17-23-65(58)79-9)36-59(66)60-41-57(78-93-72(50-18-12-10-13-19-50)92-73(94-78)51-20-14-11-15-21-51)29-35-67(60)96-70-33-27-55(76-88-46(5)82-47(6)89-76)39-63(70)64-40-56(28-34-71(64)96)77-90-48(7)83-49(8)91-77/h10-41H,1-8H3. The highest BCUT2D eigenvalue weighted by molar-refractivity contribution is 6.14. The lowest BCUT2D eigenvalue weighted by atomic mass is 9.93. The lowest BCUT2D eigenvalue weighted by Gasteiger charge is -2.21. The zero-order chi connectivity index (χ0) is 65.5. The van der Waals surface area contributed by atoms with Crippen molar-refractivity contribution in [2.75, 3.05) is 0 Å². The van der Waals surface area contributed by atoms with Crippen molar-refractivity contribution >= 4 is 49.3 Å². The van der Waals surface area contributed by atoms with Crippen LogP contribution >= 0.6 is 0 Å². The van der Waals surface area contributed by atoms with Gasteiger partial charge in [0.25, 0.3) is 0 Å². The van der Waals surface area contributed by atoms with Gasteiger partial charge >= 0.3 is 0 Å². The first-order valence-corrected chi connectivity index (χ1v) is 31.3. The fraction of sp³-hybridized carbons (Fsp3) is 0.103. The second-order valence-corrected chi connectivity index (χ2v) is 23.7. The molecular formula is C78H56N18. The minimum absolute atomic E-state index is 0.471. The van der Waals surface area contributed by atoms with Crippen molar-refractivity contribution in [3.8, 4) is 113 Å². The van der Waals surface area contributed by atoms with Crippen molar-refractivity contribution in [3.05, 3.63) is 252 Å². The topological polar surface area (TPSA) is 208 Å². The zero-order valence-corrected chi connectivity index (χ0v) is 53.5. The second kappa shape index (κ2) is 23.4. The first-order valence-electron chi connectivity index (χ1n) is 31.3. The van der Waals surface area contributed by atoms with Crippen LogP contribution in [0.15, 0.2) is 194 Å². The Labute approximate surface area is 551 Å². The normalized spacial score (nSPS) is 11.5. The van der Waals surface area contributed by atoms with E-state index >= 15 is 0 Å². The third-order valence-electron chi connectivity index (χ3n) is 17.1. The third-order valence-corrected chi connectivity index (χ3v) is 17.1. The number of hydrogen-bond acceptors (Lipinski definition) is 15.